The molecule has 0 heterocycles. The fraction of sp³-hybridized carbons (Fsp3) is 0.143. The van der Waals surface area contributed by atoms with Gasteiger partial charge in [0.05, 0.1) is 7.11 Å². The zero-order valence-corrected chi connectivity index (χ0v) is 6.45. The van der Waals surface area contributed by atoms with Crippen LogP contribution in [0.1, 0.15) is 0 Å². The summed E-state index contributed by atoms with van der Waals surface area (Å²) in [4.78, 5) is 0. The Morgan fingerprint density at radius 3 is 2.75 bits per heavy atom. The summed E-state index contributed by atoms with van der Waals surface area (Å²) in [7, 11) is 1.90. The topological polar surface area (TPSA) is 38.7 Å². The van der Waals surface area contributed by atoms with Crippen LogP contribution in [-0.4, -0.2) is 19.8 Å². The van der Waals surface area contributed by atoms with Gasteiger partial charge in [0.1, 0.15) is 11.6 Å². The summed E-state index contributed by atoms with van der Waals surface area (Å²) < 4.78 is 22.0. The highest BCUT2D eigenvalue weighted by molar-refractivity contribution is 6.17. The second-order valence-electron chi connectivity index (χ2n) is 2.02. The lowest BCUT2D eigenvalue weighted by Gasteiger charge is -2.07. The number of rotatable bonds is 3. The molecule has 0 spiro atoms. The molecule has 0 atom stereocenters. The van der Waals surface area contributed by atoms with Crippen LogP contribution in [0.5, 0.6) is 11.5 Å². The Morgan fingerprint density at radius 1 is 1.42 bits per heavy atom. The molecule has 0 amide bonds. The smallest absolute Gasteiger partial charge is 0.535 e. The molecule has 3 nitrogen and oxygen atoms in total. The van der Waals surface area contributed by atoms with Gasteiger partial charge in [-0.1, -0.05) is 0 Å². The first-order chi connectivity index (χ1) is 5.77. The highest BCUT2D eigenvalue weighted by Crippen LogP contribution is 2.26. The van der Waals surface area contributed by atoms with Crippen LogP contribution in [0.15, 0.2) is 18.2 Å². The summed E-state index contributed by atoms with van der Waals surface area (Å²) in [5.41, 5.74) is 0. The molecular weight excluding hydrogens is 162 g/mol. The van der Waals surface area contributed by atoms with Gasteiger partial charge in [0.25, 0.3) is 0 Å². The van der Waals surface area contributed by atoms with E-state index in [0.717, 1.165) is 6.07 Å². The molecule has 1 N–H and O–H groups in total. The van der Waals surface area contributed by atoms with E-state index in [2.05, 4.69) is 4.65 Å². The van der Waals surface area contributed by atoms with Crippen LogP contribution in [0.25, 0.3) is 0 Å². The minimum absolute atomic E-state index is 0.139. The molecule has 0 bridgehead atoms. The van der Waals surface area contributed by atoms with Crippen LogP contribution >= 0.6 is 0 Å². The van der Waals surface area contributed by atoms with Gasteiger partial charge >= 0.3 is 7.69 Å². The molecule has 1 aromatic rings. The first-order valence-corrected chi connectivity index (χ1v) is 3.24. The van der Waals surface area contributed by atoms with Crippen molar-refractivity contribution in [1.29, 1.82) is 0 Å². The lowest BCUT2D eigenvalue weighted by molar-refractivity contribution is 0.379. The summed E-state index contributed by atoms with van der Waals surface area (Å²) in [6.07, 6.45) is 0. The zero-order chi connectivity index (χ0) is 8.97. The van der Waals surface area contributed by atoms with Crippen molar-refractivity contribution >= 4 is 7.69 Å². The van der Waals surface area contributed by atoms with Crippen molar-refractivity contribution < 1.29 is 18.8 Å². The van der Waals surface area contributed by atoms with Gasteiger partial charge in [0.15, 0.2) is 5.75 Å². The molecular formula is C7H7BFO3. The molecule has 1 rings (SSSR count). The average Bonchev–Trinajstić information content (AvgIpc) is 2.05. The van der Waals surface area contributed by atoms with E-state index in [1.54, 1.807) is 0 Å². The Hall–Kier alpha value is -1.23. The first kappa shape index (κ1) is 8.87. The molecule has 12 heavy (non-hydrogen) atoms. The fourth-order valence-corrected chi connectivity index (χ4v) is 0.799. The molecule has 1 radical (unpaired) electrons. The maximum Gasteiger partial charge on any atom is 0.569 e. The van der Waals surface area contributed by atoms with Gasteiger partial charge in [0.2, 0.25) is 0 Å². The third-order valence-corrected chi connectivity index (χ3v) is 1.31. The number of halogens is 1. The number of hydrogen-bond donors (Lipinski definition) is 1. The van der Waals surface area contributed by atoms with E-state index >= 15 is 0 Å². The molecule has 0 aliphatic carbocycles. The Morgan fingerprint density at radius 2 is 2.17 bits per heavy atom. The summed E-state index contributed by atoms with van der Waals surface area (Å²) in [6.45, 7) is 0. The summed E-state index contributed by atoms with van der Waals surface area (Å²) in [6, 6.07) is 3.77. The third kappa shape index (κ3) is 1.89. The first-order valence-electron chi connectivity index (χ1n) is 3.24. The van der Waals surface area contributed by atoms with Gasteiger partial charge in [-0.3, -0.25) is 0 Å². The second kappa shape index (κ2) is 3.97. The van der Waals surface area contributed by atoms with Crippen molar-refractivity contribution in [2.45, 2.75) is 0 Å². The van der Waals surface area contributed by atoms with Crippen molar-refractivity contribution in [2.75, 3.05) is 7.11 Å². The molecule has 0 fully saturated rings. The standard InChI is InChI=1S/C7H7BFO3/c1-11-6-3-2-5(9)4-7(6)12-8-10/h2-4,10H,1H3. The van der Waals surface area contributed by atoms with Crippen molar-refractivity contribution in [1.82, 2.24) is 0 Å². The third-order valence-electron chi connectivity index (χ3n) is 1.31. The van der Waals surface area contributed by atoms with E-state index < -0.39 is 5.82 Å². The van der Waals surface area contributed by atoms with E-state index in [9.17, 15) is 4.39 Å². The van der Waals surface area contributed by atoms with Gasteiger partial charge in [-0.05, 0) is 12.1 Å². The van der Waals surface area contributed by atoms with E-state index in [-0.39, 0.29) is 5.75 Å². The van der Waals surface area contributed by atoms with Crippen molar-refractivity contribution in [2.24, 2.45) is 0 Å². The molecule has 0 aliphatic heterocycles. The monoisotopic (exact) mass is 169 g/mol. The van der Waals surface area contributed by atoms with Gasteiger partial charge in [-0.25, -0.2) is 4.39 Å². The highest BCUT2D eigenvalue weighted by atomic mass is 19.1. The summed E-state index contributed by atoms with van der Waals surface area (Å²) in [5, 5.41) is 8.31. The Labute approximate surface area is 70.0 Å². The summed E-state index contributed by atoms with van der Waals surface area (Å²) >= 11 is 0. The van der Waals surface area contributed by atoms with Gasteiger partial charge in [-0.15, -0.1) is 0 Å². The zero-order valence-electron chi connectivity index (χ0n) is 6.45. The fourth-order valence-electron chi connectivity index (χ4n) is 0.799. The molecule has 5 heteroatoms. The SMILES string of the molecule is COc1ccc(F)cc1O[B]O. The summed E-state index contributed by atoms with van der Waals surface area (Å²) in [5.74, 6) is 0.0503. The molecule has 1 aromatic carbocycles. The maximum absolute atomic E-state index is 12.6. The van der Waals surface area contributed by atoms with Crippen LogP contribution in [0.2, 0.25) is 0 Å². The molecule has 0 saturated carbocycles. The second-order valence-corrected chi connectivity index (χ2v) is 2.02. The predicted molar refractivity (Wildman–Crippen MR) is 41.6 cm³/mol. The lowest BCUT2D eigenvalue weighted by Crippen LogP contribution is -2.01. The van der Waals surface area contributed by atoms with Crippen LogP contribution in [0.4, 0.5) is 4.39 Å². The number of methoxy groups -OCH3 is 1. The van der Waals surface area contributed by atoms with E-state index in [1.807, 2.05) is 0 Å². The molecule has 0 aromatic heterocycles. The van der Waals surface area contributed by atoms with E-state index in [0.29, 0.717) is 13.4 Å². The van der Waals surface area contributed by atoms with E-state index in [4.69, 9.17) is 9.76 Å². The largest absolute Gasteiger partial charge is 0.569 e. The lowest BCUT2D eigenvalue weighted by atomic mass is 10.3. The van der Waals surface area contributed by atoms with Gasteiger partial charge < -0.3 is 14.4 Å². The van der Waals surface area contributed by atoms with Crippen molar-refractivity contribution in [3.05, 3.63) is 24.0 Å². The highest BCUT2D eigenvalue weighted by Gasteiger charge is 2.05. The minimum atomic E-state index is -0.451. The molecule has 0 unspecified atom stereocenters. The Balaban J connectivity index is 2.95. The van der Waals surface area contributed by atoms with Crippen molar-refractivity contribution in [3.8, 4) is 11.5 Å². The number of benzene rings is 1. The number of ether oxygens (including phenoxy) is 1. The maximum atomic E-state index is 12.6. The van der Waals surface area contributed by atoms with E-state index in [1.165, 1.54) is 19.2 Å². The van der Waals surface area contributed by atoms with Gasteiger partial charge in [0, 0.05) is 6.07 Å². The molecule has 0 aliphatic rings. The van der Waals surface area contributed by atoms with Crippen LogP contribution in [0, 0.1) is 5.82 Å². The van der Waals surface area contributed by atoms with Crippen LogP contribution < -0.4 is 9.39 Å². The number of hydrogen-bond acceptors (Lipinski definition) is 3. The van der Waals surface area contributed by atoms with Crippen molar-refractivity contribution in [3.63, 3.8) is 0 Å². The molecule has 0 saturated heterocycles. The van der Waals surface area contributed by atoms with Crippen LogP contribution in [0.3, 0.4) is 0 Å². The average molecular weight is 169 g/mol. The minimum Gasteiger partial charge on any atom is -0.535 e. The Bertz CT molecular complexity index is 267. The Kier molecular flexibility index (Phi) is 2.93. The predicted octanol–water partition coefficient (Wildman–Crippen LogP) is 0.740. The van der Waals surface area contributed by atoms with Gasteiger partial charge in [-0.2, -0.15) is 0 Å². The normalized spacial score (nSPS) is 9.25. The van der Waals surface area contributed by atoms with Crippen LogP contribution in [-0.2, 0) is 0 Å². The quantitative estimate of drug-likeness (QED) is 0.678. The molecule has 63 valence electrons.